The van der Waals surface area contributed by atoms with Crippen LogP contribution >= 0.6 is 0 Å². The Morgan fingerprint density at radius 2 is 1.79 bits per heavy atom. The van der Waals surface area contributed by atoms with Gasteiger partial charge in [-0.15, -0.1) is 0 Å². The molecular formula is C21H16O8. The molecule has 1 unspecified atom stereocenters. The third-order valence-corrected chi connectivity index (χ3v) is 5.13. The molecule has 2 aromatic carbocycles. The molecule has 1 aromatic heterocycles. The number of carbonyl (C=O) groups is 1. The minimum absolute atomic E-state index is 0.0155. The van der Waals surface area contributed by atoms with Gasteiger partial charge in [-0.2, -0.15) is 0 Å². The van der Waals surface area contributed by atoms with Crippen molar-refractivity contribution in [2.24, 2.45) is 0 Å². The van der Waals surface area contributed by atoms with Gasteiger partial charge in [0.2, 0.25) is 18.3 Å². The lowest BCUT2D eigenvalue weighted by Crippen LogP contribution is -2.27. The number of benzene rings is 2. The first-order valence-corrected chi connectivity index (χ1v) is 8.93. The third kappa shape index (κ3) is 2.52. The van der Waals surface area contributed by atoms with Crippen molar-refractivity contribution in [1.82, 2.24) is 0 Å². The van der Waals surface area contributed by atoms with E-state index in [9.17, 15) is 9.59 Å². The molecule has 2 aliphatic heterocycles. The van der Waals surface area contributed by atoms with Crippen LogP contribution in [0.4, 0.5) is 0 Å². The van der Waals surface area contributed by atoms with E-state index in [4.69, 9.17) is 28.1 Å². The van der Waals surface area contributed by atoms with Crippen LogP contribution in [0.5, 0.6) is 28.7 Å². The Hall–Kier alpha value is -3.68. The van der Waals surface area contributed by atoms with Crippen LogP contribution < -0.4 is 29.3 Å². The summed E-state index contributed by atoms with van der Waals surface area (Å²) in [5, 5.41) is 0.548. The Morgan fingerprint density at radius 1 is 1.00 bits per heavy atom. The number of hydrogen-bond acceptors (Lipinski definition) is 8. The van der Waals surface area contributed by atoms with E-state index in [1.807, 2.05) is 0 Å². The number of esters is 1. The number of hydrogen-bond donors (Lipinski definition) is 0. The van der Waals surface area contributed by atoms with Crippen LogP contribution in [0, 0.1) is 0 Å². The predicted octanol–water partition coefficient (Wildman–Crippen LogP) is 2.98. The zero-order valence-corrected chi connectivity index (χ0v) is 15.6. The Kier molecular flexibility index (Phi) is 3.87. The van der Waals surface area contributed by atoms with E-state index in [0.717, 1.165) is 0 Å². The molecule has 8 nitrogen and oxygen atoms in total. The summed E-state index contributed by atoms with van der Waals surface area (Å²) in [6.45, 7) is 0.0155. The molecule has 0 bridgehead atoms. The van der Waals surface area contributed by atoms with Crippen molar-refractivity contribution in [3.8, 4) is 28.7 Å². The summed E-state index contributed by atoms with van der Waals surface area (Å²) in [4.78, 5) is 25.3. The second-order valence-electron chi connectivity index (χ2n) is 6.63. The fourth-order valence-corrected chi connectivity index (χ4v) is 3.89. The number of carbonyl (C=O) groups excluding carboxylic acids is 1. The maximum atomic E-state index is 12.9. The van der Waals surface area contributed by atoms with Crippen molar-refractivity contribution in [3.05, 3.63) is 51.9 Å². The molecule has 2 aliphatic rings. The van der Waals surface area contributed by atoms with Gasteiger partial charge in [0.15, 0.2) is 17.2 Å². The molecule has 0 aliphatic carbocycles. The molecule has 1 atom stereocenters. The first-order valence-electron chi connectivity index (χ1n) is 8.93. The quantitative estimate of drug-likeness (QED) is 0.493. The normalized spacial score (nSPS) is 17.0. The average molecular weight is 396 g/mol. The van der Waals surface area contributed by atoms with Gasteiger partial charge in [-0.1, -0.05) is 12.1 Å². The van der Waals surface area contributed by atoms with Crippen LogP contribution in [0.2, 0.25) is 0 Å². The Balaban J connectivity index is 1.81. The van der Waals surface area contributed by atoms with E-state index in [-0.39, 0.29) is 24.5 Å². The molecule has 0 fully saturated rings. The second-order valence-corrected chi connectivity index (χ2v) is 6.63. The predicted molar refractivity (Wildman–Crippen MR) is 100 cm³/mol. The number of para-hydroxylation sites is 1. The highest BCUT2D eigenvalue weighted by atomic mass is 16.7. The van der Waals surface area contributed by atoms with E-state index in [2.05, 4.69) is 0 Å². The molecule has 0 N–H and O–H groups in total. The summed E-state index contributed by atoms with van der Waals surface area (Å²) in [7, 11) is 2.98. The summed E-state index contributed by atoms with van der Waals surface area (Å²) >= 11 is 0. The van der Waals surface area contributed by atoms with E-state index in [0.29, 0.717) is 39.5 Å². The van der Waals surface area contributed by atoms with E-state index >= 15 is 0 Å². The number of fused-ring (bicyclic) bond motifs is 4. The highest BCUT2D eigenvalue weighted by molar-refractivity contribution is 5.90. The van der Waals surface area contributed by atoms with Gasteiger partial charge in [0.25, 0.3) is 0 Å². The molecule has 0 saturated heterocycles. The topological polar surface area (TPSA) is 93.4 Å². The fraction of sp³-hybridized carbons (Fsp3) is 0.238. The van der Waals surface area contributed by atoms with Crippen molar-refractivity contribution in [3.63, 3.8) is 0 Å². The molecule has 29 heavy (non-hydrogen) atoms. The molecule has 3 heterocycles. The van der Waals surface area contributed by atoms with Crippen LogP contribution in [-0.2, 0) is 4.79 Å². The van der Waals surface area contributed by atoms with Gasteiger partial charge in [-0.05, 0) is 18.2 Å². The van der Waals surface area contributed by atoms with E-state index in [1.165, 1.54) is 14.2 Å². The number of rotatable bonds is 3. The molecule has 8 heteroatoms. The highest BCUT2D eigenvalue weighted by Gasteiger charge is 2.38. The second kappa shape index (κ2) is 6.44. The van der Waals surface area contributed by atoms with Crippen LogP contribution in [0.1, 0.15) is 23.5 Å². The van der Waals surface area contributed by atoms with E-state index in [1.54, 1.807) is 30.3 Å². The lowest BCUT2D eigenvalue weighted by molar-refractivity contribution is -0.135. The largest absolute Gasteiger partial charge is 0.493 e. The summed E-state index contributed by atoms with van der Waals surface area (Å²) in [5.74, 6) is 0.652. The third-order valence-electron chi connectivity index (χ3n) is 5.13. The minimum atomic E-state index is -0.662. The van der Waals surface area contributed by atoms with Crippen LogP contribution in [0.3, 0.4) is 0 Å². The standard InChI is InChI=1S/C21H16O8/c1-24-14-7-12(18(25-2)20-19(14)26-9-27-20)11-8-15(22)29-17-10-5-3-4-6-13(10)28-21(23)16(11)17/h3-7,11H,8-9H2,1-2H3. The smallest absolute Gasteiger partial charge is 0.343 e. The zero-order chi connectivity index (χ0) is 20.1. The minimum Gasteiger partial charge on any atom is -0.493 e. The van der Waals surface area contributed by atoms with E-state index < -0.39 is 17.5 Å². The van der Waals surface area contributed by atoms with Gasteiger partial charge in [-0.25, -0.2) is 4.79 Å². The van der Waals surface area contributed by atoms with Gasteiger partial charge < -0.3 is 28.1 Å². The van der Waals surface area contributed by atoms with Crippen molar-refractivity contribution in [2.45, 2.75) is 12.3 Å². The first kappa shape index (κ1) is 17.4. The molecule has 3 aromatic rings. The van der Waals surface area contributed by atoms with Gasteiger partial charge in [0, 0.05) is 11.5 Å². The Morgan fingerprint density at radius 3 is 2.59 bits per heavy atom. The number of methoxy groups -OCH3 is 2. The molecular weight excluding hydrogens is 380 g/mol. The molecule has 0 spiro atoms. The first-order chi connectivity index (χ1) is 14.1. The Bertz CT molecular complexity index is 1210. The van der Waals surface area contributed by atoms with Crippen LogP contribution in [0.25, 0.3) is 11.0 Å². The summed E-state index contributed by atoms with van der Waals surface area (Å²) in [5.41, 5.74) is 0.575. The van der Waals surface area contributed by atoms with Gasteiger partial charge >= 0.3 is 11.6 Å². The SMILES string of the molecule is COc1cc(C2CC(=O)Oc3c2c(=O)oc2ccccc32)c(OC)c2c1OCO2. The molecule has 5 rings (SSSR count). The van der Waals surface area contributed by atoms with Gasteiger partial charge in [-0.3, -0.25) is 4.79 Å². The maximum absolute atomic E-state index is 12.9. The Labute approximate surface area is 164 Å². The lowest BCUT2D eigenvalue weighted by Gasteiger charge is -2.26. The fourth-order valence-electron chi connectivity index (χ4n) is 3.89. The van der Waals surface area contributed by atoms with Crippen molar-refractivity contribution >= 4 is 16.9 Å². The molecule has 148 valence electrons. The molecule has 0 amide bonds. The van der Waals surface area contributed by atoms with Gasteiger partial charge in [0.1, 0.15) is 5.58 Å². The van der Waals surface area contributed by atoms with Crippen molar-refractivity contribution in [2.75, 3.05) is 21.0 Å². The summed E-state index contributed by atoms with van der Waals surface area (Å²) < 4.78 is 33.0. The van der Waals surface area contributed by atoms with Crippen LogP contribution in [-0.4, -0.2) is 27.0 Å². The zero-order valence-electron chi connectivity index (χ0n) is 15.6. The average Bonchev–Trinajstić information content (AvgIpc) is 3.21. The lowest BCUT2D eigenvalue weighted by atomic mass is 9.85. The van der Waals surface area contributed by atoms with Crippen molar-refractivity contribution in [1.29, 1.82) is 0 Å². The van der Waals surface area contributed by atoms with Crippen molar-refractivity contribution < 1.29 is 32.9 Å². The van der Waals surface area contributed by atoms with Gasteiger partial charge in [0.05, 0.1) is 31.6 Å². The summed E-state index contributed by atoms with van der Waals surface area (Å²) in [6, 6.07) is 8.60. The molecule has 0 radical (unpaired) electrons. The molecule has 0 saturated carbocycles. The monoisotopic (exact) mass is 396 g/mol. The van der Waals surface area contributed by atoms with Crippen LogP contribution in [0.15, 0.2) is 39.5 Å². The number of ether oxygens (including phenoxy) is 5. The highest BCUT2D eigenvalue weighted by Crippen LogP contribution is 2.53. The summed E-state index contributed by atoms with van der Waals surface area (Å²) in [6.07, 6.45) is -0.0603. The maximum Gasteiger partial charge on any atom is 0.343 e.